The van der Waals surface area contributed by atoms with E-state index in [1.54, 1.807) is 0 Å². The van der Waals surface area contributed by atoms with Crippen LogP contribution in [0.1, 0.15) is 303 Å². The van der Waals surface area contributed by atoms with Crippen LogP contribution in [0.3, 0.4) is 0 Å². The van der Waals surface area contributed by atoms with Crippen LogP contribution in [0, 0.1) is 0 Å². The topological polar surface area (TPSA) is 111 Å². The van der Waals surface area contributed by atoms with Crippen molar-refractivity contribution in [2.24, 2.45) is 0 Å². The van der Waals surface area contributed by atoms with Crippen molar-refractivity contribution in [2.75, 3.05) is 47.5 Å². The van der Waals surface area contributed by atoms with Crippen molar-refractivity contribution in [3.05, 3.63) is 85.1 Å². The van der Waals surface area contributed by atoms with Crippen LogP contribution in [0.25, 0.3) is 0 Å². The summed E-state index contributed by atoms with van der Waals surface area (Å²) >= 11 is 0. The van der Waals surface area contributed by atoms with Gasteiger partial charge in [-0.1, -0.05) is 304 Å². The fourth-order valence-corrected chi connectivity index (χ4v) is 9.70. The zero-order chi connectivity index (χ0) is 59.8. The van der Waals surface area contributed by atoms with Crippen LogP contribution in [0.4, 0.5) is 0 Å². The first-order valence-corrected chi connectivity index (χ1v) is 34.2. The molecular weight excluding hydrogens is 1020 g/mol. The fourth-order valence-electron chi connectivity index (χ4n) is 9.70. The lowest BCUT2D eigenvalue weighted by Crippen LogP contribution is -2.44. The molecule has 0 aromatic rings. The van der Waals surface area contributed by atoms with E-state index in [0.717, 1.165) is 83.5 Å². The molecule has 82 heavy (non-hydrogen) atoms. The Hall–Kier alpha value is -3.53. The molecule has 0 fully saturated rings. The monoisotopic (exact) mass is 1150 g/mol. The maximum atomic E-state index is 12.9. The molecule has 0 amide bonds. The highest BCUT2D eigenvalue weighted by Gasteiger charge is 2.22. The number of allylic oxidation sites excluding steroid dienone is 14. The molecule has 0 aromatic heterocycles. The number of hydrogen-bond donors (Lipinski definition) is 0. The molecule has 0 spiro atoms. The van der Waals surface area contributed by atoms with Gasteiger partial charge in [0.1, 0.15) is 13.2 Å². The van der Waals surface area contributed by atoms with E-state index < -0.39 is 24.3 Å². The third-order valence-corrected chi connectivity index (χ3v) is 14.9. The highest BCUT2D eigenvalue weighted by Crippen LogP contribution is 2.18. The molecule has 0 aliphatic heterocycles. The van der Waals surface area contributed by atoms with Crippen molar-refractivity contribution in [3.8, 4) is 0 Å². The van der Waals surface area contributed by atoms with Crippen LogP contribution in [0.15, 0.2) is 85.1 Å². The van der Waals surface area contributed by atoms with Crippen molar-refractivity contribution in [3.63, 3.8) is 0 Å². The van der Waals surface area contributed by atoms with Gasteiger partial charge in [-0.05, 0) is 70.6 Å². The largest absolute Gasteiger partial charge is 0.545 e. The van der Waals surface area contributed by atoms with E-state index in [1.807, 2.05) is 21.1 Å². The second-order valence-corrected chi connectivity index (χ2v) is 24.1. The van der Waals surface area contributed by atoms with Crippen molar-refractivity contribution in [2.45, 2.75) is 315 Å². The van der Waals surface area contributed by atoms with Gasteiger partial charge in [-0.25, -0.2) is 0 Å². The van der Waals surface area contributed by atoms with Gasteiger partial charge in [0, 0.05) is 12.8 Å². The first-order chi connectivity index (χ1) is 40.1. The maximum Gasteiger partial charge on any atom is 0.306 e. The molecule has 0 aliphatic carbocycles. The predicted octanol–water partition coefficient (Wildman–Crippen LogP) is 19.7. The quantitative estimate of drug-likeness (QED) is 0.0195. The summed E-state index contributed by atoms with van der Waals surface area (Å²) in [7, 11) is 5.92. The third-order valence-electron chi connectivity index (χ3n) is 14.9. The molecule has 0 heterocycles. The summed E-state index contributed by atoms with van der Waals surface area (Å²) in [6, 6.07) is 0. The van der Waals surface area contributed by atoms with E-state index in [4.69, 9.17) is 18.9 Å². The number of carboxylic acid groups (broad SMARTS) is 1. The van der Waals surface area contributed by atoms with Gasteiger partial charge in [0.2, 0.25) is 0 Å². The van der Waals surface area contributed by atoms with Gasteiger partial charge in [0.05, 0.1) is 40.3 Å². The SMILES string of the molecule is CC/C=C\C/C=C\C/C=C\C/C=C\C/C=C\C/C=C\C/C=C\CCCCCC(=O)OC(COC(=O)CCCCCCCCCCCCCCCCCCCCCCCCCCCCCCCCCC)COC(OCC[N+](C)(C)C)C(=O)[O-]. The van der Waals surface area contributed by atoms with Gasteiger partial charge in [0.15, 0.2) is 12.4 Å². The van der Waals surface area contributed by atoms with E-state index >= 15 is 0 Å². The Morgan fingerprint density at radius 3 is 1.04 bits per heavy atom. The number of rotatable bonds is 63. The number of carbonyl (C=O) groups excluding carboxylic acids is 3. The van der Waals surface area contributed by atoms with Gasteiger partial charge >= 0.3 is 11.9 Å². The molecule has 0 N–H and O–H groups in total. The number of carboxylic acids is 1. The van der Waals surface area contributed by atoms with Crippen LogP contribution >= 0.6 is 0 Å². The summed E-state index contributed by atoms with van der Waals surface area (Å²) in [5.41, 5.74) is 0. The van der Waals surface area contributed by atoms with Crippen molar-refractivity contribution < 1.29 is 42.9 Å². The number of unbranched alkanes of at least 4 members (excludes halogenated alkanes) is 34. The van der Waals surface area contributed by atoms with Gasteiger partial charge in [-0.3, -0.25) is 9.59 Å². The third kappa shape index (κ3) is 64.0. The predicted molar refractivity (Wildman–Crippen MR) is 348 cm³/mol. The molecule has 0 aromatic carbocycles. The number of aliphatic carboxylic acids is 1. The van der Waals surface area contributed by atoms with Crippen LogP contribution in [0.2, 0.25) is 0 Å². The Labute approximate surface area is 506 Å². The van der Waals surface area contributed by atoms with E-state index in [2.05, 4.69) is 98.9 Å². The first kappa shape index (κ1) is 78.5. The molecular formula is C73H129NO8. The number of esters is 2. The summed E-state index contributed by atoms with van der Waals surface area (Å²) in [5.74, 6) is -2.32. The Bertz CT molecular complexity index is 1620. The normalized spacial score (nSPS) is 13.2. The van der Waals surface area contributed by atoms with Crippen molar-refractivity contribution in [1.29, 1.82) is 0 Å². The lowest BCUT2D eigenvalue weighted by atomic mass is 10.0. The zero-order valence-electron chi connectivity index (χ0n) is 54.1. The van der Waals surface area contributed by atoms with Crippen LogP contribution < -0.4 is 5.11 Å². The molecule has 0 bridgehead atoms. The summed E-state index contributed by atoms with van der Waals surface area (Å²) < 4.78 is 22.7. The minimum absolute atomic E-state index is 0.138. The number of hydrogen-bond acceptors (Lipinski definition) is 8. The van der Waals surface area contributed by atoms with Crippen LogP contribution in [0.5, 0.6) is 0 Å². The standard InChI is InChI=1S/C73H129NO8/c1-6-8-10-12-14-16-18-20-22-24-26-28-30-32-33-34-35-36-37-38-40-41-43-45-47-49-51-53-55-57-59-61-63-70(75)80-67-69(68-81-73(72(77)78)79-66-65-74(3,4)5)82-71(76)64-62-60-58-56-54-52-50-48-46-44-42-39-31-29-27-25-23-21-19-17-15-13-11-9-7-2/h9,11,15,17,21,23,27,29,39,42,46,48,52,54,69,73H,6-8,10,12-14,16,18-20,22,24-26,28,30-38,40-41,43-45,47,49-51,53,55-68H2,1-5H3/b11-9-,17-15-,23-21-,29-27-,42-39-,48-46-,54-52-. The molecule has 9 nitrogen and oxygen atoms in total. The fraction of sp³-hybridized carbons (Fsp3) is 0.767. The summed E-state index contributed by atoms with van der Waals surface area (Å²) in [4.78, 5) is 37.4. The Morgan fingerprint density at radius 1 is 0.378 bits per heavy atom. The summed E-state index contributed by atoms with van der Waals surface area (Å²) in [5, 5.41) is 11.8. The van der Waals surface area contributed by atoms with Gasteiger partial charge in [0.25, 0.3) is 0 Å². The van der Waals surface area contributed by atoms with Gasteiger partial charge in [-0.2, -0.15) is 0 Å². The summed E-state index contributed by atoms with van der Waals surface area (Å²) in [6.45, 7) is 4.63. The summed E-state index contributed by atoms with van der Waals surface area (Å²) in [6.07, 6.45) is 82.5. The molecule has 2 atom stereocenters. The average molecular weight is 1150 g/mol. The number of quaternary nitrogens is 1. The lowest BCUT2D eigenvalue weighted by Gasteiger charge is -2.26. The van der Waals surface area contributed by atoms with Crippen LogP contribution in [-0.2, 0) is 33.3 Å². The van der Waals surface area contributed by atoms with E-state index in [0.29, 0.717) is 17.4 Å². The van der Waals surface area contributed by atoms with Crippen molar-refractivity contribution in [1.82, 2.24) is 0 Å². The molecule has 2 unspecified atom stereocenters. The maximum absolute atomic E-state index is 12.9. The Balaban J connectivity index is 4.15. The molecule has 0 saturated heterocycles. The van der Waals surface area contributed by atoms with E-state index in [-0.39, 0.29) is 38.6 Å². The number of likely N-dealkylation sites (N-methyl/N-ethyl adjacent to an activating group) is 1. The minimum atomic E-state index is -1.64. The number of carbonyl (C=O) groups is 3. The highest BCUT2D eigenvalue weighted by atomic mass is 16.7. The molecule has 0 saturated carbocycles. The molecule has 0 rings (SSSR count). The number of nitrogens with zero attached hydrogens (tertiary/aromatic N) is 1. The van der Waals surface area contributed by atoms with Crippen LogP contribution in [-0.4, -0.2) is 82.3 Å². The molecule has 474 valence electrons. The second kappa shape index (κ2) is 63.5. The molecule has 0 aliphatic rings. The van der Waals surface area contributed by atoms with E-state index in [1.165, 1.54) is 186 Å². The zero-order valence-corrected chi connectivity index (χ0v) is 54.1. The Kier molecular flexibility index (Phi) is 60.8. The number of ether oxygens (including phenoxy) is 4. The molecule has 9 heteroatoms. The van der Waals surface area contributed by atoms with Gasteiger partial charge in [-0.15, -0.1) is 0 Å². The smallest absolute Gasteiger partial charge is 0.306 e. The lowest BCUT2D eigenvalue weighted by molar-refractivity contribution is -0.870. The van der Waals surface area contributed by atoms with E-state index in [9.17, 15) is 19.5 Å². The first-order valence-electron chi connectivity index (χ1n) is 34.2. The molecule has 0 radical (unpaired) electrons. The highest BCUT2D eigenvalue weighted by molar-refractivity contribution is 5.70. The Morgan fingerprint density at radius 2 is 0.695 bits per heavy atom. The van der Waals surface area contributed by atoms with Crippen molar-refractivity contribution >= 4 is 17.9 Å². The average Bonchev–Trinajstić information content (AvgIpc) is 3.45. The minimum Gasteiger partial charge on any atom is -0.545 e. The second-order valence-electron chi connectivity index (χ2n) is 24.1. The van der Waals surface area contributed by atoms with Gasteiger partial charge < -0.3 is 33.3 Å².